The minimum atomic E-state index is -0.171. The smallest absolute Gasteiger partial charge is 0.267 e. The monoisotopic (exact) mass is 436 g/mol. The van der Waals surface area contributed by atoms with Crippen molar-refractivity contribution in [2.24, 2.45) is 0 Å². The Hall–Kier alpha value is -3.26. The van der Waals surface area contributed by atoms with E-state index in [1.807, 2.05) is 34.9 Å². The molecule has 3 aromatic heterocycles. The van der Waals surface area contributed by atoms with E-state index in [2.05, 4.69) is 53.3 Å². The van der Waals surface area contributed by atoms with Crippen LogP contribution in [0.1, 0.15) is 21.7 Å². The van der Waals surface area contributed by atoms with Crippen molar-refractivity contribution < 1.29 is 4.79 Å². The molecule has 4 rings (SSSR count). The molecule has 140 valence electrons. The Bertz CT molecular complexity index is 1130. The van der Waals surface area contributed by atoms with Gasteiger partial charge in [0.25, 0.3) is 5.91 Å². The molecule has 28 heavy (non-hydrogen) atoms. The number of benzene rings is 1. The Kier molecular flexibility index (Phi) is 5.29. The van der Waals surface area contributed by atoms with E-state index in [0.717, 1.165) is 15.6 Å². The number of nitrogens with zero attached hydrogens (tertiary/aromatic N) is 4. The van der Waals surface area contributed by atoms with Crippen LogP contribution in [0.5, 0.6) is 0 Å². The Morgan fingerprint density at radius 2 is 2.07 bits per heavy atom. The van der Waals surface area contributed by atoms with Crippen molar-refractivity contribution in [3.05, 3.63) is 82.7 Å². The first kappa shape index (κ1) is 18.1. The molecule has 0 saturated heterocycles. The van der Waals surface area contributed by atoms with Crippen LogP contribution in [-0.4, -0.2) is 37.0 Å². The second-order valence-electron chi connectivity index (χ2n) is 6.13. The Morgan fingerprint density at radius 3 is 2.86 bits per heavy atom. The topological polar surface area (TPSA) is 88.5 Å². The summed E-state index contributed by atoms with van der Waals surface area (Å²) < 4.78 is 2.83. The van der Waals surface area contributed by atoms with Gasteiger partial charge in [-0.05, 0) is 33.6 Å². The zero-order valence-electron chi connectivity index (χ0n) is 14.8. The average Bonchev–Trinajstić information content (AvgIpc) is 3.33. The maximum absolute atomic E-state index is 12.0. The molecule has 4 aromatic rings. The Morgan fingerprint density at radius 1 is 1.21 bits per heavy atom. The summed E-state index contributed by atoms with van der Waals surface area (Å²) in [4.78, 5) is 28.1. The molecule has 1 amide bonds. The van der Waals surface area contributed by atoms with Gasteiger partial charge in [0, 0.05) is 17.2 Å². The quantitative estimate of drug-likeness (QED) is 0.484. The largest absolute Gasteiger partial charge is 0.356 e. The van der Waals surface area contributed by atoms with Crippen molar-refractivity contribution >= 4 is 39.1 Å². The van der Waals surface area contributed by atoms with Crippen molar-refractivity contribution in [1.29, 1.82) is 0 Å². The van der Waals surface area contributed by atoms with Crippen LogP contribution in [-0.2, 0) is 6.54 Å². The van der Waals surface area contributed by atoms with E-state index in [1.165, 1.54) is 11.9 Å². The second kappa shape index (κ2) is 8.18. The second-order valence-corrected chi connectivity index (χ2v) is 7.05. The van der Waals surface area contributed by atoms with Gasteiger partial charge in [0.05, 0.1) is 18.6 Å². The molecule has 0 saturated carbocycles. The summed E-state index contributed by atoms with van der Waals surface area (Å²) >= 11 is 3.31. The maximum atomic E-state index is 12.0. The summed E-state index contributed by atoms with van der Waals surface area (Å²) in [5, 5.41) is 2.82. The Labute approximate surface area is 169 Å². The fourth-order valence-corrected chi connectivity index (χ4v) is 3.18. The molecule has 8 heteroatoms. The fraction of sp³-hybridized carbons (Fsp3) is 0.100. The molecule has 0 unspecified atom stereocenters. The molecular weight excluding hydrogens is 420 g/mol. The lowest BCUT2D eigenvalue weighted by Crippen LogP contribution is -2.23. The number of imidazole rings is 1. The van der Waals surface area contributed by atoms with Crippen LogP contribution in [0.4, 0.5) is 0 Å². The molecule has 0 radical (unpaired) electrons. The van der Waals surface area contributed by atoms with E-state index in [-0.39, 0.29) is 5.91 Å². The highest BCUT2D eigenvalue weighted by molar-refractivity contribution is 9.10. The number of rotatable bonds is 6. The predicted octanol–water partition coefficient (Wildman–Crippen LogP) is 3.41. The van der Waals surface area contributed by atoms with Crippen LogP contribution < -0.4 is 5.32 Å². The van der Waals surface area contributed by atoms with Crippen LogP contribution in [0, 0.1) is 0 Å². The van der Waals surface area contributed by atoms with Gasteiger partial charge in [-0.2, -0.15) is 0 Å². The number of hydrogen-bond donors (Lipinski definition) is 2. The van der Waals surface area contributed by atoms with Gasteiger partial charge >= 0.3 is 0 Å². The number of fused-ring (bicyclic) bond motifs is 1. The van der Waals surface area contributed by atoms with Gasteiger partial charge in [-0.15, -0.1) is 0 Å². The van der Waals surface area contributed by atoms with Gasteiger partial charge in [0.2, 0.25) is 0 Å². The van der Waals surface area contributed by atoms with E-state index in [4.69, 9.17) is 0 Å². The maximum Gasteiger partial charge on any atom is 0.267 e. The summed E-state index contributed by atoms with van der Waals surface area (Å²) in [5.74, 6) is -0.171. The van der Waals surface area contributed by atoms with Crippen LogP contribution in [0.2, 0.25) is 0 Å². The number of H-pyrrole nitrogens is 1. The summed E-state index contributed by atoms with van der Waals surface area (Å²) in [7, 11) is 0. The van der Waals surface area contributed by atoms with Gasteiger partial charge in [-0.3, -0.25) is 4.79 Å². The van der Waals surface area contributed by atoms with Crippen LogP contribution in [0.25, 0.3) is 17.2 Å². The van der Waals surface area contributed by atoms with Crippen molar-refractivity contribution in [3.8, 4) is 0 Å². The highest BCUT2D eigenvalue weighted by Crippen LogP contribution is 2.16. The number of carbonyl (C=O) groups is 1. The molecule has 0 aliphatic rings. The lowest BCUT2D eigenvalue weighted by Gasteiger charge is -2.03. The van der Waals surface area contributed by atoms with Crippen molar-refractivity contribution in [1.82, 2.24) is 29.8 Å². The molecule has 0 fully saturated rings. The normalized spacial score (nSPS) is 11.3. The highest BCUT2D eigenvalue weighted by atomic mass is 79.9. The third-order valence-corrected chi connectivity index (χ3v) is 4.63. The number of aromatic amines is 1. The lowest BCUT2D eigenvalue weighted by atomic mass is 10.2. The molecular formula is C20H17BrN6O. The molecule has 2 N–H and O–H groups in total. The van der Waals surface area contributed by atoms with E-state index in [9.17, 15) is 4.79 Å². The minimum absolute atomic E-state index is 0.171. The van der Waals surface area contributed by atoms with Crippen molar-refractivity contribution in [3.63, 3.8) is 0 Å². The van der Waals surface area contributed by atoms with E-state index < -0.39 is 0 Å². The number of carbonyl (C=O) groups excluding carboxylic acids is 1. The van der Waals surface area contributed by atoms with Gasteiger partial charge < -0.3 is 14.9 Å². The van der Waals surface area contributed by atoms with E-state index in [0.29, 0.717) is 24.5 Å². The summed E-state index contributed by atoms with van der Waals surface area (Å²) in [6, 6.07) is 11.9. The van der Waals surface area contributed by atoms with Gasteiger partial charge in [0.1, 0.15) is 17.5 Å². The number of nitrogens with one attached hydrogen (secondary N) is 2. The molecule has 7 nitrogen and oxygen atoms in total. The van der Waals surface area contributed by atoms with Crippen molar-refractivity contribution in [2.75, 3.05) is 6.54 Å². The van der Waals surface area contributed by atoms with Crippen LogP contribution in [0.15, 0.2) is 65.8 Å². The molecule has 0 spiro atoms. The van der Waals surface area contributed by atoms with Crippen LogP contribution >= 0.6 is 15.9 Å². The Balaban J connectivity index is 1.45. The van der Waals surface area contributed by atoms with Gasteiger partial charge in [-0.1, -0.05) is 36.4 Å². The minimum Gasteiger partial charge on any atom is -0.356 e. The number of amides is 1. The first-order valence-corrected chi connectivity index (χ1v) is 9.48. The fourth-order valence-electron chi connectivity index (χ4n) is 2.83. The van der Waals surface area contributed by atoms with E-state index >= 15 is 0 Å². The molecule has 1 aromatic carbocycles. The molecule has 3 heterocycles. The van der Waals surface area contributed by atoms with Crippen LogP contribution in [0.3, 0.4) is 0 Å². The molecule has 0 aliphatic heterocycles. The zero-order chi connectivity index (χ0) is 19.3. The molecule has 0 aliphatic carbocycles. The highest BCUT2D eigenvalue weighted by Gasteiger charge is 2.09. The van der Waals surface area contributed by atoms with E-state index in [1.54, 1.807) is 18.6 Å². The molecule has 0 atom stereocenters. The SMILES string of the molecule is O=C(NC/C=C/c1ncnc2c1ncn2Cc1ccccc1)c1cc(Br)c[nH]1. The predicted molar refractivity (Wildman–Crippen MR) is 111 cm³/mol. The third kappa shape index (κ3) is 4.01. The summed E-state index contributed by atoms with van der Waals surface area (Å²) in [6.45, 7) is 1.07. The average molecular weight is 437 g/mol. The standard InChI is InChI=1S/C20H17BrN6O/c21-15-9-17(23-10-15)20(28)22-8-4-7-16-18-19(25-12-24-16)27(13-26-18)11-14-5-2-1-3-6-14/h1-7,9-10,12-13,23H,8,11H2,(H,22,28)/b7-4+. The van der Waals surface area contributed by atoms with Crippen molar-refractivity contribution in [2.45, 2.75) is 6.54 Å². The van der Waals surface area contributed by atoms with Gasteiger partial charge in [0.15, 0.2) is 5.65 Å². The summed E-state index contributed by atoms with van der Waals surface area (Å²) in [6.07, 6.45) is 8.70. The lowest BCUT2D eigenvalue weighted by molar-refractivity contribution is 0.0953. The molecule has 0 bridgehead atoms. The summed E-state index contributed by atoms with van der Waals surface area (Å²) in [5.41, 5.74) is 3.90. The number of halogens is 1. The number of aromatic nitrogens is 5. The number of hydrogen-bond acceptors (Lipinski definition) is 4. The third-order valence-electron chi connectivity index (χ3n) is 4.17. The van der Waals surface area contributed by atoms with Gasteiger partial charge in [-0.25, -0.2) is 15.0 Å². The first-order chi connectivity index (χ1) is 13.7. The first-order valence-electron chi connectivity index (χ1n) is 8.69. The zero-order valence-corrected chi connectivity index (χ0v) is 16.4.